The molecule has 0 unspecified atom stereocenters. The zero-order chi connectivity index (χ0) is 17.6. The van der Waals surface area contributed by atoms with Crippen LogP contribution in [0, 0.1) is 20.8 Å². The molecule has 0 saturated heterocycles. The molecular weight excluding hydrogens is 316 g/mol. The van der Waals surface area contributed by atoms with E-state index in [0.717, 1.165) is 16.9 Å². The van der Waals surface area contributed by atoms with E-state index in [1.165, 1.54) is 0 Å². The van der Waals surface area contributed by atoms with E-state index in [2.05, 4.69) is 20.3 Å². The Labute approximate surface area is 143 Å². The molecule has 0 bridgehead atoms. The molecule has 0 saturated carbocycles. The number of rotatable bonds is 2. The standard InChI is InChI=1S/C19H16N4O2/c1-10-11(2)21-16-8-13(4-6-15(16)20-10)19(24)23-14-5-7-18-17(9-14)22-12(3)25-18/h4-9H,1-3H3,(H,23,24). The van der Waals surface area contributed by atoms with E-state index in [4.69, 9.17) is 4.42 Å². The molecule has 0 aliphatic carbocycles. The fourth-order valence-corrected chi connectivity index (χ4v) is 2.70. The maximum Gasteiger partial charge on any atom is 0.255 e. The number of nitrogens with zero attached hydrogens (tertiary/aromatic N) is 3. The van der Waals surface area contributed by atoms with Crippen molar-refractivity contribution in [3.05, 3.63) is 59.2 Å². The van der Waals surface area contributed by atoms with Crippen LogP contribution in [0.2, 0.25) is 0 Å². The lowest BCUT2D eigenvalue weighted by Gasteiger charge is -2.07. The molecule has 1 N–H and O–H groups in total. The van der Waals surface area contributed by atoms with E-state index < -0.39 is 0 Å². The fraction of sp³-hybridized carbons (Fsp3) is 0.158. The van der Waals surface area contributed by atoms with Crippen LogP contribution in [-0.4, -0.2) is 20.9 Å². The number of fused-ring (bicyclic) bond motifs is 2. The number of anilines is 1. The molecule has 6 nitrogen and oxygen atoms in total. The minimum atomic E-state index is -0.207. The number of hydrogen-bond donors (Lipinski definition) is 1. The van der Waals surface area contributed by atoms with Gasteiger partial charge in [-0.15, -0.1) is 0 Å². The van der Waals surface area contributed by atoms with Crippen LogP contribution in [0.3, 0.4) is 0 Å². The van der Waals surface area contributed by atoms with Gasteiger partial charge in [-0.25, -0.2) is 15.0 Å². The lowest BCUT2D eigenvalue weighted by molar-refractivity contribution is 0.102. The highest BCUT2D eigenvalue weighted by Crippen LogP contribution is 2.21. The number of hydrogen-bond acceptors (Lipinski definition) is 5. The van der Waals surface area contributed by atoms with Gasteiger partial charge in [-0.1, -0.05) is 0 Å². The van der Waals surface area contributed by atoms with E-state index >= 15 is 0 Å². The van der Waals surface area contributed by atoms with Gasteiger partial charge in [0.2, 0.25) is 0 Å². The van der Waals surface area contributed by atoms with Crippen LogP contribution in [-0.2, 0) is 0 Å². The lowest BCUT2D eigenvalue weighted by Crippen LogP contribution is -2.12. The number of carbonyl (C=O) groups is 1. The van der Waals surface area contributed by atoms with Crippen LogP contribution >= 0.6 is 0 Å². The highest BCUT2D eigenvalue weighted by Gasteiger charge is 2.10. The van der Waals surface area contributed by atoms with E-state index in [1.54, 1.807) is 37.3 Å². The second-order valence-corrected chi connectivity index (χ2v) is 5.97. The molecule has 0 aliphatic rings. The Bertz CT molecular complexity index is 1130. The van der Waals surface area contributed by atoms with Crippen molar-refractivity contribution in [1.29, 1.82) is 0 Å². The van der Waals surface area contributed by atoms with Crippen molar-refractivity contribution >= 4 is 33.7 Å². The molecule has 4 rings (SSSR count). The van der Waals surface area contributed by atoms with Crippen LogP contribution in [0.5, 0.6) is 0 Å². The summed E-state index contributed by atoms with van der Waals surface area (Å²) in [5.74, 6) is 0.388. The van der Waals surface area contributed by atoms with Gasteiger partial charge in [0.15, 0.2) is 11.5 Å². The van der Waals surface area contributed by atoms with Gasteiger partial charge >= 0.3 is 0 Å². The molecule has 0 radical (unpaired) electrons. The van der Waals surface area contributed by atoms with E-state index in [0.29, 0.717) is 33.8 Å². The molecule has 6 heteroatoms. The molecule has 0 fully saturated rings. The van der Waals surface area contributed by atoms with Crippen molar-refractivity contribution in [3.63, 3.8) is 0 Å². The van der Waals surface area contributed by atoms with Crippen molar-refractivity contribution in [2.75, 3.05) is 5.32 Å². The summed E-state index contributed by atoms with van der Waals surface area (Å²) in [4.78, 5) is 25.8. The minimum absolute atomic E-state index is 0.207. The quantitative estimate of drug-likeness (QED) is 0.601. The summed E-state index contributed by atoms with van der Waals surface area (Å²) in [6.07, 6.45) is 0. The first-order valence-corrected chi connectivity index (χ1v) is 7.93. The molecule has 1 amide bonds. The molecule has 2 aromatic heterocycles. The van der Waals surface area contributed by atoms with Crippen molar-refractivity contribution in [2.45, 2.75) is 20.8 Å². The molecule has 2 aromatic carbocycles. The maximum absolute atomic E-state index is 12.5. The van der Waals surface area contributed by atoms with Gasteiger partial charge in [0.1, 0.15) is 5.52 Å². The van der Waals surface area contributed by atoms with Gasteiger partial charge in [0.25, 0.3) is 5.91 Å². The molecule has 25 heavy (non-hydrogen) atoms. The summed E-state index contributed by atoms with van der Waals surface area (Å²) >= 11 is 0. The monoisotopic (exact) mass is 332 g/mol. The lowest BCUT2D eigenvalue weighted by atomic mass is 10.1. The van der Waals surface area contributed by atoms with Crippen molar-refractivity contribution in [3.8, 4) is 0 Å². The van der Waals surface area contributed by atoms with Crippen molar-refractivity contribution in [1.82, 2.24) is 15.0 Å². The zero-order valence-electron chi connectivity index (χ0n) is 14.1. The number of carbonyl (C=O) groups excluding carboxylic acids is 1. The summed E-state index contributed by atoms with van der Waals surface area (Å²) < 4.78 is 5.44. The summed E-state index contributed by atoms with van der Waals surface area (Å²) in [7, 11) is 0. The third kappa shape index (κ3) is 2.82. The second kappa shape index (κ2) is 5.66. The Balaban J connectivity index is 1.65. The smallest absolute Gasteiger partial charge is 0.255 e. The number of nitrogens with one attached hydrogen (secondary N) is 1. The third-order valence-corrected chi connectivity index (χ3v) is 4.09. The second-order valence-electron chi connectivity index (χ2n) is 5.97. The first-order chi connectivity index (χ1) is 12.0. The maximum atomic E-state index is 12.5. The minimum Gasteiger partial charge on any atom is -0.441 e. The summed E-state index contributed by atoms with van der Waals surface area (Å²) in [6, 6.07) is 10.7. The predicted octanol–water partition coefficient (Wildman–Crippen LogP) is 3.95. The Morgan fingerprint density at radius 2 is 1.64 bits per heavy atom. The zero-order valence-corrected chi connectivity index (χ0v) is 14.1. The summed E-state index contributed by atoms with van der Waals surface area (Å²) in [5, 5.41) is 2.88. The number of aromatic nitrogens is 3. The number of amides is 1. The summed E-state index contributed by atoms with van der Waals surface area (Å²) in [5.41, 5.74) is 5.84. The van der Waals surface area contributed by atoms with Crippen molar-refractivity contribution in [2.24, 2.45) is 0 Å². The first kappa shape index (κ1) is 15.3. The highest BCUT2D eigenvalue weighted by molar-refractivity contribution is 6.06. The topological polar surface area (TPSA) is 80.9 Å². The molecule has 2 heterocycles. The van der Waals surface area contributed by atoms with E-state index in [9.17, 15) is 4.79 Å². The SMILES string of the molecule is Cc1nc2cc(NC(=O)c3ccc4nc(C)c(C)nc4c3)ccc2o1. The summed E-state index contributed by atoms with van der Waals surface area (Å²) in [6.45, 7) is 5.62. The Morgan fingerprint density at radius 3 is 2.44 bits per heavy atom. The number of oxazole rings is 1. The van der Waals surface area contributed by atoms with Gasteiger partial charge < -0.3 is 9.73 Å². The largest absolute Gasteiger partial charge is 0.441 e. The van der Waals surface area contributed by atoms with Gasteiger partial charge in [0, 0.05) is 18.2 Å². The van der Waals surface area contributed by atoms with Gasteiger partial charge in [0.05, 0.1) is 22.4 Å². The molecule has 0 spiro atoms. The van der Waals surface area contributed by atoms with Crippen LogP contribution in [0.15, 0.2) is 40.8 Å². The van der Waals surface area contributed by atoms with Crippen LogP contribution in [0.4, 0.5) is 5.69 Å². The van der Waals surface area contributed by atoms with E-state index in [1.807, 2.05) is 19.9 Å². The van der Waals surface area contributed by atoms with Crippen LogP contribution < -0.4 is 5.32 Å². The van der Waals surface area contributed by atoms with Crippen molar-refractivity contribution < 1.29 is 9.21 Å². The Kier molecular flexibility index (Phi) is 3.46. The third-order valence-electron chi connectivity index (χ3n) is 4.09. The normalized spacial score (nSPS) is 11.2. The van der Waals surface area contributed by atoms with E-state index in [-0.39, 0.29) is 5.91 Å². The highest BCUT2D eigenvalue weighted by atomic mass is 16.3. The Hall–Kier alpha value is -3.28. The Morgan fingerprint density at radius 1 is 0.880 bits per heavy atom. The van der Waals surface area contributed by atoms with Crippen LogP contribution in [0.1, 0.15) is 27.6 Å². The average Bonchev–Trinajstić information content (AvgIpc) is 2.94. The van der Waals surface area contributed by atoms with Gasteiger partial charge in [-0.05, 0) is 50.2 Å². The molecule has 0 atom stereocenters. The number of benzene rings is 2. The molecule has 0 aliphatic heterocycles. The molecular formula is C19H16N4O2. The number of aryl methyl sites for hydroxylation is 3. The average molecular weight is 332 g/mol. The van der Waals surface area contributed by atoms with Crippen LogP contribution in [0.25, 0.3) is 22.1 Å². The fourth-order valence-electron chi connectivity index (χ4n) is 2.70. The predicted molar refractivity (Wildman–Crippen MR) is 95.7 cm³/mol. The molecule has 4 aromatic rings. The molecule has 124 valence electrons. The van der Waals surface area contributed by atoms with Gasteiger partial charge in [-0.3, -0.25) is 4.79 Å². The van der Waals surface area contributed by atoms with Gasteiger partial charge in [-0.2, -0.15) is 0 Å². The first-order valence-electron chi connectivity index (χ1n) is 7.93.